The number of amides is 1. The third kappa shape index (κ3) is 2.95. The standard InChI is InChI=1S/C20H26FNO4/c1-4-20(19(24)26-5-2)12-14-7-9-17(20)22(14)18(23)11-13-6-8-16(25-3)15(21)10-13/h6,8,10,14,17H,4-5,7,9,11-12H2,1-3H3/t14-,17+,20+/m1/s1. The van der Waals surface area contributed by atoms with E-state index in [2.05, 4.69) is 0 Å². The minimum absolute atomic E-state index is 0.0540. The van der Waals surface area contributed by atoms with Crippen molar-refractivity contribution >= 4 is 11.9 Å². The van der Waals surface area contributed by atoms with Crippen molar-refractivity contribution in [3.63, 3.8) is 0 Å². The highest BCUT2D eigenvalue weighted by molar-refractivity contribution is 5.84. The fourth-order valence-electron chi connectivity index (χ4n) is 4.66. The first-order valence-electron chi connectivity index (χ1n) is 9.27. The third-order valence-corrected chi connectivity index (χ3v) is 5.91. The van der Waals surface area contributed by atoms with Crippen LogP contribution in [0.25, 0.3) is 0 Å². The van der Waals surface area contributed by atoms with E-state index in [0.29, 0.717) is 25.0 Å². The number of carbonyl (C=O) groups excluding carboxylic acids is 2. The minimum Gasteiger partial charge on any atom is -0.494 e. The van der Waals surface area contributed by atoms with E-state index in [4.69, 9.17) is 9.47 Å². The van der Waals surface area contributed by atoms with E-state index in [-0.39, 0.29) is 36.1 Å². The zero-order chi connectivity index (χ0) is 18.9. The summed E-state index contributed by atoms with van der Waals surface area (Å²) >= 11 is 0. The molecule has 2 aliphatic rings. The first-order valence-corrected chi connectivity index (χ1v) is 9.27. The van der Waals surface area contributed by atoms with Crippen molar-refractivity contribution in [1.82, 2.24) is 4.90 Å². The van der Waals surface area contributed by atoms with Crippen molar-refractivity contribution in [1.29, 1.82) is 0 Å². The van der Waals surface area contributed by atoms with E-state index < -0.39 is 11.2 Å². The van der Waals surface area contributed by atoms with Crippen LogP contribution in [-0.4, -0.2) is 42.6 Å². The second-order valence-electron chi connectivity index (χ2n) is 7.13. The van der Waals surface area contributed by atoms with E-state index in [0.717, 1.165) is 12.8 Å². The van der Waals surface area contributed by atoms with Crippen molar-refractivity contribution < 1.29 is 23.5 Å². The molecule has 0 N–H and O–H groups in total. The molecule has 2 heterocycles. The van der Waals surface area contributed by atoms with Gasteiger partial charge in [-0.25, -0.2) is 4.39 Å². The predicted molar refractivity (Wildman–Crippen MR) is 94.3 cm³/mol. The lowest BCUT2D eigenvalue weighted by Gasteiger charge is -2.34. The summed E-state index contributed by atoms with van der Waals surface area (Å²) < 4.78 is 24.1. The van der Waals surface area contributed by atoms with Gasteiger partial charge in [-0.05, 0) is 50.3 Å². The molecule has 0 aliphatic carbocycles. The number of hydrogen-bond acceptors (Lipinski definition) is 4. The van der Waals surface area contributed by atoms with Gasteiger partial charge in [0, 0.05) is 12.1 Å². The molecule has 2 bridgehead atoms. The van der Waals surface area contributed by atoms with Crippen molar-refractivity contribution in [3.05, 3.63) is 29.6 Å². The Morgan fingerprint density at radius 3 is 2.69 bits per heavy atom. The van der Waals surface area contributed by atoms with Crippen LogP contribution in [0.3, 0.4) is 0 Å². The molecule has 3 rings (SSSR count). The molecule has 0 radical (unpaired) electrons. The molecule has 0 saturated carbocycles. The van der Waals surface area contributed by atoms with Crippen LogP contribution in [-0.2, 0) is 20.7 Å². The van der Waals surface area contributed by atoms with Gasteiger partial charge in [0.05, 0.1) is 25.6 Å². The van der Waals surface area contributed by atoms with Crippen LogP contribution in [0.15, 0.2) is 18.2 Å². The summed E-state index contributed by atoms with van der Waals surface area (Å²) in [5.74, 6) is -0.559. The summed E-state index contributed by atoms with van der Waals surface area (Å²) in [6.07, 6.45) is 3.18. The summed E-state index contributed by atoms with van der Waals surface area (Å²) in [7, 11) is 1.41. The second kappa shape index (κ2) is 7.25. The number of carbonyl (C=O) groups is 2. The number of rotatable bonds is 6. The molecular formula is C20H26FNO4. The maximum atomic E-state index is 13.9. The van der Waals surface area contributed by atoms with Gasteiger partial charge in [0.15, 0.2) is 11.6 Å². The maximum Gasteiger partial charge on any atom is 0.314 e. The van der Waals surface area contributed by atoms with Gasteiger partial charge in [0.25, 0.3) is 0 Å². The zero-order valence-corrected chi connectivity index (χ0v) is 15.6. The highest BCUT2D eigenvalue weighted by atomic mass is 19.1. The summed E-state index contributed by atoms with van der Waals surface area (Å²) in [5, 5.41) is 0. The highest BCUT2D eigenvalue weighted by Gasteiger charge is 2.60. The Labute approximate surface area is 153 Å². The number of ether oxygens (including phenoxy) is 2. The van der Waals surface area contributed by atoms with Gasteiger partial charge in [-0.2, -0.15) is 0 Å². The van der Waals surface area contributed by atoms with Gasteiger partial charge in [-0.1, -0.05) is 13.0 Å². The fraction of sp³-hybridized carbons (Fsp3) is 0.600. The molecule has 2 fully saturated rings. The summed E-state index contributed by atoms with van der Waals surface area (Å²) in [5.41, 5.74) is 0.0116. The van der Waals surface area contributed by atoms with Crippen LogP contribution in [0, 0.1) is 11.2 Å². The van der Waals surface area contributed by atoms with Gasteiger partial charge >= 0.3 is 5.97 Å². The highest BCUT2D eigenvalue weighted by Crippen LogP contribution is 2.52. The number of halogens is 1. The Kier molecular flexibility index (Phi) is 5.21. The Morgan fingerprint density at radius 2 is 2.08 bits per heavy atom. The lowest BCUT2D eigenvalue weighted by molar-refractivity contribution is -0.158. The molecule has 2 aliphatic heterocycles. The molecule has 0 unspecified atom stereocenters. The summed E-state index contributed by atoms with van der Waals surface area (Å²) in [6, 6.07) is 4.53. The third-order valence-electron chi connectivity index (χ3n) is 5.91. The molecule has 5 nitrogen and oxygen atoms in total. The Balaban J connectivity index is 1.78. The van der Waals surface area contributed by atoms with Crippen LogP contribution in [0.1, 0.15) is 45.1 Å². The average molecular weight is 363 g/mol. The fourth-order valence-corrected chi connectivity index (χ4v) is 4.66. The van der Waals surface area contributed by atoms with E-state index >= 15 is 0 Å². The number of hydrogen-bond donors (Lipinski definition) is 0. The van der Waals surface area contributed by atoms with E-state index in [1.807, 2.05) is 11.8 Å². The molecule has 142 valence electrons. The van der Waals surface area contributed by atoms with Crippen LogP contribution in [0.5, 0.6) is 5.75 Å². The molecule has 1 amide bonds. The molecule has 1 aromatic rings. The second-order valence-corrected chi connectivity index (χ2v) is 7.13. The van der Waals surface area contributed by atoms with Gasteiger partial charge in [0.1, 0.15) is 0 Å². The van der Waals surface area contributed by atoms with Crippen LogP contribution in [0.2, 0.25) is 0 Å². The van der Waals surface area contributed by atoms with Crippen LogP contribution >= 0.6 is 0 Å². The zero-order valence-electron chi connectivity index (χ0n) is 15.6. The molecule has 1 aromatic carbocycles. The number of benzene rings is 1. The topological polar surface area (TPSA) is 55.8 Å². The van der Waals surface area contributed by atoms with Crippen molar-refractivity contribution in [2.75, 3.05) is 13.7 Å². The van der Waals surface area contributed by atoms with E-state index in [1.165, 1.54) is 19.2 Å². The van der Waals surface area contributed by atoms with Crippen molar-refractivity contribution in [3.8, 4) is 5.75 Å². The van der Waals surface area contributed by atoms with Gasteiger partial charge < -0.3 is 14.4 Å². The first-order chi connectivity index (χ1) is 12.5. The molecule has 0 spiro atoms. The van der Waals surface area contributed by atoms with Crippen LogP contribution in [0.4, 0.5) is 4.39 Å². The summed E-state index contributed by atoms with van der Waals surface area (Å²) in [4.78, 5) is 27.4. The normalized spacial score (nSPS) is 26.8. The Morgan fingerprint density at radius 1 is 1.31 bits per heavy atom. The quantitative estimate of drug-likeness (QED) is 0.729. The number of fused-ring (bicyclic) bond motifs is 2. The van der Waals surface area contributed by atoms with Gasteiger partial charge in [-0.15, -0.1) is 0 Å². The molecule has 3 atom stereocenters. The van der Waals surface area contributed by atoms with Gasteiger partial charge in [0.2, 0.25) is 5.91 Å². The average Bonchev–Trinajstić information content (AvgIpc) is 3.18. The smallest absolute Gasteiger partial charge is 0.314 e. The van der Waals surface area contributed by atoms with Crippen molar-refractivity contribution in [2.24, 2.45) is 5.41 Å². The lowest BCUT2D eigenvalue weighted by atomic mass is 9.72. The largest absolute Gasteiger partial charge is 0.494 e. The predicted octanol–water partition coefficient (Wildman–Crippen LogP) is 3.10. The number of nitrogens with zero attached hydrogens (tertiary/aromatic N) is 1. The van der Waals surface area contributed by atoms with Gasteiger partial charge in [-0.3, -0.25) is 9.59 Å². The first kappa shape index (κ1) is 18.7. The molecule has 2 saturated heterocycles. The SMILES string of the molecule is CCOC(=O)[C@@]1(CC)C[C@H]2CC[C@@H]1N2C(=O)Cc1ccc(OC)c(F)c1. The van der Waals surface area contributed by atoms with Crippen LogP contribution < -0.4 is 4.74 Å². The van der Waals surface area contributed by atoms with E-state index in [1.54, 1.807) is 13.0 Å². The maximum absolute atomic E-state index is 13.9. The molecule has 26 heavy (non-hydrogen) atoms. The lowest BCUT2D eigenvalue weighted by Crippen LogP contribution is -2.46. The summed E-state index contributed by atoms with van der Waals surface area (Å²) in [6.45, 7) is 4.13. The Hall–Kier alpha value is -2.11. The van der Waals surface area contributed by atoms with Crippen molar-refractivity contribution in [2.45, 2.75) is 58.0 Å². The number of esters is 1. The minimum atomic E-state index is -0.597. The monoisotopic (exact) mass is 363 g/mol. The van der Waals surface area contributed by atoms with E-state index in [9.17, 15) is 14.0 Å². The Bertz CT molecular complexity index is 707. The molecule has 6 heteroatoms. The molecule has 0 aromatic heterocycles. The molecular weight excluding hydrogens is 337 g/mol. The number of methoxy groups -OCH3 is 1.